The fourth-order valence-electron chi connectivity index (χ4n) is 1.47. The fraction of sp³-hybridized carbons (Fsp3) is 0.500. The number of halogens is 3. The molecule has 0 saturated heterocycles. The first kappa shape index (κ1) is 18.0. The van der Waals surface area contributed by atoms with E-state index in [4.69, 9.17) is 4.43 Å². The first-order valence-electron chi connectivity index (χ1n) is 6.91. The Morgan fingerprint density at radius 2 is 1.57 bits per heavy atom. The van der Waals surface area contributed by atoms with Crippen LogP contribution in [0.3, 0.4) is 0 Å². The van der Waals surface area contributed by atoms with Gasteiger partial charge in [-0.1, -0.05) is 57.2 Å². The average molecular weight is 316 g/mol. The third-order valence-corrected chi connectivity index (χ3v) is 8.27. The summed E-state index contributed by atoms with van der Waals surface area (Å²) < 4.78 is 45.1. The van der Waals surface area contributed by atoms with Crippen molar-refractivity contribution in [3.8, 4) is 0 Å². The summed E-state index contributed by atoms with van der Waals surface area (Å²) >= 11 is 0. The average Bonchev–Trinajstić information content (AvgIpc) is 2.33. The predicted octanol–water partition coefficient (Wildman–Crippen LogP) is 5.65. The summed E-state index contributed by atoms with van der Waals surface area (Å²) in [5, 5.41) is -0.267. The number of benzene rings is 1. The van der Waals surface area contributed by atoms with Crippen LogP contribution in [0.25, 0.3) is 6.08 Å². The molecule has 1 atom stereocenters. The van der Waals surface area contributed by atoms with Crippen LogP contribution in [0, 0.1) is 0 Å². The molecule has 1 nitrogen and oxygen atoms in total. The summed E-state index contributed by atoms with van der Waals surface area (Å²) in [4.78, 5) is 0. The highest BCUT2D eigenvalue weighted by atomic mass is 28.4. The van der Waals surface area contributed by atoms with Crippen LogP contribution in [0.4, 0.5) is 13.2 Å². The molecule has 0 aliphatic heterocycles. The summed E-state index contributed by atoms with van der Waals surface area (Å²) in [6.45, 7) is 9.42. The lowest BCUT2D eigenvalue weighted by Crippen LogP contribution is -2.47. The number of hydrogen-bond acceptors (Lipinski definition) is 1. The molecule has 0 N–H and O–H groups in total. The van der Waals surface area contributed by atoms with Crippen LogP contribution in [0.1, 0.15) is 26.3 Å². The zero-order valence-corrected chi connectivity index (χ0v) is 14.2. The van der Waals surface area contributed by atoms with E-state index in [2.05, 4.69) is 0 Å². The molecule has 0 amide bonds. The zero-order chi connectivity index (χ0) is 16.3. The van der Waals surface area contributed by atoms with E-state index >= 15 is 0 Å². The van der Waals surface area contributed by atoms with Crippen LogP contribution < -0.4 is 0 Å². The Hall–Kier alpha value is -1.07. The number of alkyl halides is 3. The second-order valence-electron chi connectivity index (χ2n) is 6.61. The van der Waals surface area contributed by atoms with Crippen molar-refractivity contribution in [2.24, 2.45) is 0 Å². The number of hydrogen-bond donors (Lipinski definition) is 0. The Kier molecular flexibility index (Phi) is 5.44. The smallest absolute Gasteiger partial charge is 0.402 e. The van der Waals surface area contributed by atoms with Gasteiger partial charge in [-0.25, -0.2) is 0 Å². The van der Waals surface area contributed by atoms with Crippen molar-refractivity contribution in [2.45, 2.75) is 51.2 Å². The van der Waals surface area contributed by atoms with Crippen molar-refractivity contribution < 1.29 is 17.6 Å². The van der Waals surface area contributed by atoms with Gasteiger partial charge in [-0.15, -0.1) is 0 Å². The van der Waals surface area contributed by atoms with E-state index in [9.17, 15) is 13.2 Å². The Morgan fingerprint density at radius 3 is 2.00 bits per heavy atom. The summed E-state index contributed by atoms with van der Waals surface area (Å²) in [5.41, 5.74) is 0.727. The third kappa shape index (κ3) is 5.32. The maximum atomic E-state index is 13.2. The SMILES string of the molecule is CC(C)(C)[Si](C)(C)O[C@@H](/C=C/c1ccccc1)C(F)(F)F. The van der Waals surface area contributed by atoms with Crippen LogP contribution in [-0.2, 0) is 4.43 Å². The fourth-order valence-corrected chi connectivity index (χ4v) is 2.67. The standard InChI is InChI=1S/C16H23F3OSi/c1-15(2,3)21(4,5)20-14(16(17,18)19)12-11-13-9-7-6-8-10-13/h6-12,14H,1-5H3/b12-11+/t14-/m0/s1. The molecule has 0 spiro atoms. The van der Waals surface area contributed by atoms with E-state index in [1.807, 2.05) is 39.9 Å². The van der Waals surface area contributed by atoms with E-state index in [-0.39, 0.29) is 5.04 Å². The quantitative estimate of drug-likeness (QED) is 0.652. The summed E-state index contributed by atoms with van der Waals surface area (Å²) in [6, 6.07) is 8.92. The van der Waals surface area contributed by atoms with Gasteiger partial charge in [-0.3, -0.25) is 0 Å². The molecule has 1 aromatic carbocycles. The molecule has 0 aromatic heterocycles. The van der Waals surface area contributed by atoms with Crippen LogP contribution in [-0.4, -0.2) is 20.6 Å². The van der Waals surface area contributed by atoms with Crippen molar-refractivity contribution in [3.63, 3.8) is 0 Å². The van der Waals surface area contributed by atoms with Gasteiger partial charge in [-0.2, -0.15) is 13.2 Å². The lowest BCUT2D eigenvalue weighted by molar-refractivity contribution is -0.182. The van der Waals surface area contributed by atoms with Gasteiger partial charge in [0.15, 0.2) is 14.4 Å². The van der Waals surface area contributed by atoms with Crippen molar-refractivity contribution >= 4 is 14.4 Å². The highest BCUT2D eigenvalue weighted by Gasteiger charge is 2.46. The first-order valence-corrected chi connectivity index (χ1v) is 9.82. The van der Waals surface area contributed by atoms with E-state index in [1.165, 1.54) is 6.08 Å². The summed E-state index contributed by atoms with van der Waals surface area (Å²) in [7, 11) is -2.49. The van der Waals surface area contributed by atoms with Gasteiger partial charge in [0, 0.05) is 0 Å². The van der Waals surface area contributed by atoms with Gasteiger partial charge in [0.05, 0.1) is 0 Å². The number of rotatable bonds is 4. The Balaban J connectivity index is 2.96. The molecule has 21 heavy (non-hydrogen) atoms. The minimum absolute atomic E-state index is 0.267. The van der Waals surface area contributed by atoms with Crippen LogP contribution in [0.15, 0.2) is 36.4 Å². The maximum Gasteiger partial charge on any atom is 0.417 e. The Labute approximate surface area is 126 Å². The van der Waals surface area contributed by atoms with Crippen LogP contribution in [0.5, 0.6) is 0 Å². The largest absolute Gasteiger partial charge is 0.417 e. The Bertz CT molecular complexity index is 473. The van der Waals surface area contributed by atoms with Gasteiger partial charge in [-0.05, 0) is 29.8 Å². The first-order chi connectivity index (χ1) is 9.43. The minimum Gasteiger partial charge on any atom is -0.402 e. The molecule has 0 radical (unpaired) electrons. The van der Waals surface area contributed by atoms with Gasteiger partial charge in [0.25, 0.3) is 0 Å². The second kappa shape index (κ2) is 6.36. The van der Waals surface area contributed by atoms with Gasteiger partial charge >= 0.3 is 6.18 Å². The molecule has 0 bridgehead atoms. The van der Waals surface area contributed by atoms with Crippen molar-refractivity contribution in [1.82, 2.24) is 0 Å². The lowest BCUT2D eigenvalue weighted by atomic mass is 10.2. The minimum atomic E-state index is -4.40. The molecule has 0 aliphatic rings. The van der Waals surface area contributed by atoms with Gasteiger partial charge in [0.1, 0.15) is 0 Å². The third-order valence-electron chi connectivity index (χ3n) is 3.81. The monoisotopic (exact) mass is 316 g/mol. The van der Waals surface area contributed by atoms with Crippen molar-refractivity contribution in [3.05, 3.63) is 42.0 Å². The van der Waals surface area contributed by atoms with E-state index in [1.54, 1.807) is 24.3 Å². The van der Waals surface area contributed by atoms with Crippen LogP contribution in [0.2, 0.25) is 18.1 Å². The van der Waals surface area contributed by atoms with Crippen molar-refractivity contribution in [2.75, 3.05) is 0 Å². The molecule has 0 unspecified atom stereocenters. The molecule has 1 aromatic rings. The van der Waals surface area contributed by atoms with Crippen LogP contribution >= 0.6 is 0 Å². The highest BCUT2D eigenvalue weighted by Crippen LogP contribution is 2.39. The van der Waals surface area contributed by atoms with Gasteiger partial charge in [0.2, 0.25) is 0 Å². The molecule has 5 heteroatoms. The molecule has 0 heterocycles. The zero-order valence-electron chi connectivity index (χ0n) is 13.2. The van der Waals surface area contributed by atoms with E-state index in [0.717, 1.165) is 11.6 Å². The van der Waals surface area contributed by atoms with E-state index in [0.29, 0.717) is 0 Å². The molecule has 0 fully saturated rings. The molecule has 0 saturated carbocycles. The second-order valence-corrected chi connectivity index (χ2v) is 11.4. The maximum absolute atomic E-state index is 13.2. The normalized spacial score (nSPS) is 15.4. The molecular formula is C16H23F3OSi. The molecule has 0 aliphatic carbocycles. The molecule has 1 rings (SSSR count). The lowest BCUT2D eigenvalue weighted by Gasteiger charge is -2.39. The topological polar surface area (TPSA) is 9.23 Å². The predicted molar refractivity (Wildman–Crippen MR) is 83.6 cm³/mol. The summed E-state index contributed by atoms with van der Waals surface area (Å²) in [6.07, 6.45) is -3.69. The summed E-state index contributed by atoms with van der Waals surface area (Å²) in [5.74, 6) is 0. The van der Waals surface area contributed by atoms with Gasteiger partial charge < -0.3 is 4.43 Å². The van der Waals surface area contributed by atoms with Crippen molar-refractivity contribution in [1.29, 1.82) is 0 Å². The molecular weight excluding hydrogens is 293 g/mol. The van der Waals surface area contributed by atoms with E-state index < -0.39 is 20.6 Å². The Morgan fingerprint density at radius 1 is 1.05 bits per heavy atom. The molecule has 118 valence electrons. The highest BCUT2D eigenvalue weighted by molar-refractivity contribution is 6.74.